The predicted molar refractivity (Wildman–Crippen MR) is 121 cm³/mol. The van der Waals surface area contributed by atoms with Gasteiger partial charge in [-0.05, 0) is 96.7 Å². The molecule has 0 unspecified atom stereocenters. The number of nitrogens with zero attached hydrogens (tertiary/aromatic N) is 2. The lowest BCUT2D eigenvalue weighted by Crippen LogP contribution is -2.13. The van der Waals surface area contributed by atoms with Gasteiger partial charge in [0, 0.05) is 21.5 Å². The molecule has 1 N–H and O–H groups in total. The van der Waals surface area contributed by atoms with Gasteiger partial charge in [0.1, 0.15) is 11.6 Å². The molecule has 29 heavy (non-hydrogen) atoms. The molecule has 2 aromatic carbocycles. The Kier molecular flexibility index (Phi) is 6.05. The molecule has 1 aromatic heterocycles. The number of aromatic nitrogens is 1. The van der Waals surface area contributed by atoms with Crippen LogP contribution < -0.4 is 5.32 Å². The van der Waals surface area contributed by atoms with Crippen LogP contribution in [0.25, 0.3) is 11.8 Å². The summed E-state index contributed by atoms with van der Waals surface area (Å²) in [6.07, 6.45) is 1.64. The minimum atomic E-state index is -0.415. The van der Waals surface area contributed by atoms with E-state index in [2.05, 4.69) is 25.8 Å². The molecule has 0 bridgehead atoms. The first-order chi connectivity index (χ1) is 13.8. The van der Waals surface area contributed by atoms with Crippen LogP contribution in [0.15, 0.2) is 58.6 Å². The van der Waals surface area contributed by atoms with Crippen molar-refractivity contribution < 1.29 is 4.79 Å². The molecule has 1 amide bonds. The first-order valence-electron chi connectivity index (χ1n) is 9.26. The second kappa shape index (κ2) is 8.50. The fourth-order valence-electron chi connectivity index (χ4n) is 3.26. The van der Waals surface area contributed by atoms with Crippen molar-refractivity contribution in [2.75, 3.05) is 5.32 Å². The number of carbonyl (C=O) groups excluding carboxylic acids is 1. The maximum absolute atomic E-state index is 12.7. The summed E-state index contributed by atoms with van der Waals surface area (Å²) in [5, 5.41) is 12.4. The highest BCUT2D eigenvalue weighted by Gasteiger charge is 2.15. The van der Waals surface area contributed by atoms with E-state index >= 15 is 0 Å². The third kappa shape index (κ3) is 4.33. The zero-order chi connectivity index (χ0) is 21.1. The number of para-hydroxylation sites is 1. The molecule has 0 fully saturated rings. The maximum Gasteiger partial charge on any atom is 0.266 e. The lowest BCUT2D eigenvalue weighted by atomic mass is 10.1. The average Bonchev–Trinajstić information content (AvgIpc) is 2.96. The lowest BCUT2D eigenvalue weighted by Gasteiger charge is -2.11. The molecule has 3 rings (SSSR count). The molecule has 1 heterocycles. The Balaban J connectivity index is 1.94. The van der Waals surface area contributed by atoms with Gasteiger partial charge in [0.2, 0.25) is 0 Å². The van der Waals surface area contributed by atoms with E-state index < -0.39 is 5.91 Å². The molecule has 0 aliphatic heterocycles. The largest absolute Gasteiger partial charge is 0.321 e. The van der Waals surface area contributed by atoms with Crippen LogP contribution in [0.5, 0.6) is 0 Å². The van der Waals surface area contributed by atoms with Crippen molar-refractivity contribution in [2.24, 2.45) is 0 Å². The molecule has 146 valence electrons. The van der Waals surface area contributed by atoms with Crippen LogP contribution in [-0.2, 0) is 4.79 Å². The number of hydrogen-bond acceptors (Lipinski definition) is 2. The van der Waals surface area contributed by atoms with E-state index in [-0.39, 0.29) is 5.57 Å². The number of halogens is 1. The van der Waals surface area contributed by atoms with E-state index in [0.29, 0.717) is 5.69 Å². The van der Waals surface area contributed by atoms with E-state index in [0.717, 1.165) is 38.2 Å². The third-order valence-corrected chi connectivity index (χ3v) is 5.66. The topological polar surface area (TPSA) is 57.8 Å². The van der Waals surface area contributed by atoms with Crippen LogP contribution in [0, 0.1) is 39.0 Å². The van der Waals surface area contributed by atoms with Crippen molar-refractivity contribution in [1.29, 1.82) is 5.26 Å². The van der Waals surface area contributed by atoms with Crippen molar-refractivity contribution in [1.82, 2.24) is 4.57 Å². The Labute approximate surface area is 179 Å². The molecular formula is C24H22BrN3O. The standard InChI is InChI=1S/C24H22BrN3O/c1-15-9-10-21(11-16(15)2)27-24(29)20(14-26)13-19-12-17(3)28(18(19)4)23-8-6-5-7-22(23)25/h5-13H,1-4H3,(H,27,29)/b20-13-. The summed E-state index contributed by atoms with van der Waals surface area (Å²) in [4.78, 5) is 12.7. The molecule has 0 radical (unpaired) electrons. The highest BCUT2D eigenvalue weighted by atomic mass is 79.9. The number of aryl methyl sites for hydroxylation is 3. The van der Waals surface area contributed by atoms with E-state index in [4.69, 9.17) is 0 Å². The molecule has 0 aliphatic rings. The molecule has 4 nitrogen and oxygen atoms in total. The van der Waals surface area contributed by atoms with Crippen molar-refractivity contribution in [3.05, 3.63) is 86.7 Å². The summed E-state index contributed by atoms with van der Waals surface area (Å²) >= 11 is 3.59. The normalized spacial score (nSPS) is 11.2. The number of benzene rings is 2. The van der Waals surface area contributed by atoms with Crippen molar-refractivity contribution in [3.8, 4) is 11.8 Å². The zero-order valence-electron chi connectivity index (χ0n) is 16.9. The average molecular weight is 448 g/mol. The van der Waals surface area contributed by atoms with Crippen molar-refractivity contribution in [2.45, 2.75) is 27.7 Å². The van der Waals surface area contributed by atoms with E-state index in [1.54, 1.807) is 6.08 Å². The summed E-state index contributed by atoms with van der Waals surface area (Å²) in [6.45, 7) is 7.99. The Bertz CT molecular complexity index is 1170. The minimum Gasteiger partial charge on any atom is -0.321 e. The molecule has 0 saturated carbocycles. The molecule has 0 aliphatic carbocycles. The van der Waals surface area contributed by atoms with Gasteiger partial charge in [-0.1, -0.05) is 18.2 Å². The lowest BCUT2D eigenvalue weighted by molar-refractivity contribution is -0.112. The Morgan fingerprint density at radius 1 is 1.07 bits per heavy atom. The Morgan fingerprint density at radius 2 is 1.79 bits per heavy atom. The zero-order valence-corrected chi connectivity index (χ0v) is 18.5. The molecule has 0 atom stereocenters. The Morgan fingerprint density at radius 3 is 2.45 bits per heavy atom. The second-order valence-electron chi connectivity index (χ2n) is 7.04. The fourth-order valence-corrected chi connectivity index (χ4v) is 3.72. The SMILES string of the molecule is Cc1ccc(NC(=O)/C(C#N)=C\c2cc(C)n(-c3ccccc3Br)c2C)cc1C. The van der Waals surface area contributed by atoms with Gasteiger partial charge in [-0.15, -0.1) is 0 Å². The number of rotatable bonds is 4. The number of anilines is 1. The number of amides is 1. The first kappa shape index (κ1) is 20.6. The van der Waals surface area contributed by atoms with Gasteiger partial charge in [0.15, 0.2) is 0 Å². The maximum atomic E-state index is 12.7. The van der Waals surface area contributed by atoms with Crippen LogP contribution in [0.1, 0.15) is 28.1 Å². The predicted octanol–water partition coefficient (Wildman–Crippen LogP) is 6.02. The van der Waals surface area contributed by atoms with Crippen LogP contribution in [0.3, 0.4) is 0 Å². The Hall–Kier alpha value is -3.10. The van der Waals surface area contributed by atoms with Crippen LogP contribution >= 0.6 is 15.9 Å². The van der Waals surface area contributed by atoms with Gasteiger partial charge in [-0.3, -0.25) is 4.79 Å². The number of nitriles is 1. The van der Waals surface area contributed by atoms with E-state index in [9.17, 15) is 10.1 Å². The quantitative estimate of drug-likeness (QED) is 0.392. The summed E-state index contributed by atoms with van der Waals surface area (Å²) in [7, 11) is 0. The van der Waals surface area contributed by atoms with Gasteiger partial charge in [0.25, 0.3) is 5.91 Å². The van der Waals surface area contributed by atoms with Gasteiger partial charge in [-0.25, -0.2) is 0 Å². The van der Waals surface area contributed by atoms with Gasteiger partial charge >= 0.3 is 0 Å². The van der Waals surface area contributed by atoms with Gasteiger partial charge in [-0.2, -0.15) is 5.26 Å². The van der Waals surface area contributed by atoms with Crippen LogP contribution in [-0.4, -0.2) is 10.5 Å². The molecule has 5 heteroatoms. The second-order valence-corrected chi connectivity index (χ2v) is 7.89. The summed E-state index contributed by atoms with van der Waals surface area (Å²) in [5.41, 5.74) is 6.81. The fraction of sp³-hybridized carbons (Fsp3) is 0.167. The number of nitrogens with one attached hydrogen (secondary N) is 1. The first-order valence-corrected chi connectivity index (χ1v) is 10.1. The van der Waals surface area contributed by atoms with Gasteiger partial charge in [0.05, 0.1) is 5.69 Å². The number of carbonyl (C=O) groups is 1. The smallest absolute Gasteiger partial charge is 0.266 e. The van der Waals surface area contributed by atoms with Crippen molar-refractivity contribution >= 4 is 33.6 Å². The molecular weight excluding hydrogens is 426 g/mol. The van der Waals surface area contributed by atoms with E-state index in [1.807, 2.05) is 82.3 Å². The number of hydrogen-bond donors (Lipinski definition) is 1. The highest BCUT2D eigenvalue weighted by Crippen LogP contribution is 2.28. The monoisotopic (exact) mass is 447 g/mol. The summed E-state index contributed by atoms with van der Waals surface area (Å²) < 4.78 is 3.08. The summed E-state index contributed by atoms with van der Waals surface area (Å²) in [5.74, 6) is -0.415. The molecule has 0 saturated heterocycles. The van der Waals surface area contributed by atoms with Gasteiger partial charge < -0.3 is 9.88 Å². The van der Waals surface area contributed by atoms with E-state index in [1.165, 1.54) is 0 Å². The summed E-state index contributed by atoms with van der Waals surface area (Å²) in [6, 6.07) is 17.7. The minimum absolute atomic E-state index is 0.0654. The third-order valence-electron chi connectivity index (χ3n) is 4.99. The van der Waals surface area contributed by atoms with Crippen molar-refractivity contribution in [3.63, 3.8) is 0 Å². The van der Waals surface area contributed by atoms with Crippen LogP contribution in [0.4, 0.5) is 5.69 Å². The highest BCUT2D eigenvalue weighted by molar-refractivity contribution is 9.10. The van der Waals surface area contributed by atoms with Crippen LogP contribution in [0.2, 0.25) is 0 Å². The molecule has 3 aromatic rings. The molecule has 0 spiro atoms.